The monoisotopic (exact) mass is 303 g/mol. The molecule has 5 heteroatoms. The second-order valence-electron chi connectivity index (χ2n) is 5.16. The lowest BCUT2D eigenvalue weighted by Gasteiger charge is -2.09. The van der Waals surface area contributed by atoms with Crippen molar-refractivity contribution in [3.05, 3.63) is 72.3 Å². The highest BCUT2D eigenvalue weighted by molar-refractivity contribution is 6.00. The van der Waals surface area contributed by atoms with Gasteiger partial charge in [0.25, 0.3) is 0 Å². The Labute approximate surface area is 132 Å². The van der Waals surface area contributed by atoms with Gasteiger partial charge in [0.2, 0.25) is 5.78 Å². The number of hydrogen-bond donors (Lipinski definition) is 0. The van der Waals surface area contributed by atoms with Crippen molar-refractivity contribution < 1.29 is 9.53 Å². The van der Waals surface area contributed by atoms with Crippen molar-refractivity contribution in [1.82, 2.24) is 14.4 Å². The molecule has 2 aromatic carbocycles. The molecule has 0 spiro atoms. The molecule has 112 valence electrons. The summed E-state index contributed by atoms with van der Waals surface area (Å²) in [6.07, 6.45) is 6.28. The Hall–Kier alpha value is -3.21. The van der Waals surface area contributed by atoms with Gasteiger partial charge in [-0.25, -0.2) is 9.97 Å². The van der Waals surface area contributed by atoms with Crippen LogP contribution >= 0.6 is 0 Å². The fraction of sp³-hybridized carbons (Fsp3) is 0.0556. The van der Waals surface area contributed by atoms with Crippen molar-refractivity contribution in [2.45, 2.75) is 6.61 Å². The molecule has 2 aromatic heterocycles. The van der Waals surface area contributed by atoms with Gasteiger partial charge in [-0.05, 0) is 22.9 Å². The summed E-state index contributed by atoms with van der Waals surface area (Å²) < 4.78 is 7.65. The maximum absolute atomic E-state index is 11.5. The lowest BCUT2D eigenvalue weighted by molar-refractivity contribution is 0.112. The largest absolute Gasteiger partial charge is 0.486 e. The minimum Gasteiger partial charge on any atom is -0.486 e. The minimum atomic E-state index is 0.280. The Morgan fingerprint density at radius 1 is 1.13 bits per heavy atom. The van der Waals surface area contributed by atoms with Gasteiger partial charge in [-0.2, -0.15) is 0 Å². The molecule has 0 N–H and O–H groups in total. The van der Waals surface area contributed by atoms with Crippen LogP contribution in [0.4, 0.5) is 0 Å². The summed E-state index contributed by atoms with van der Waals surface area (Å²) in [5, 5.41) is 1.90. The zero-order chi connectivity index (χ0) is 15.6. The Kier molecular flexibility index (Phi) is 3.24. The number of aldehydes is 1. The first-order valence-corrected chi connectivity index (χ1v) is 7.23. The van der Waals surface area contributed by atoms with Crippen molar-refractivity contribution >= 4 is 22.8 Å². The van der Waals surface area contributed by atoms with Gasteiger partial charge in [0, 0.05) is 18.6 Å². The van der Waals surface area contributed by atoms with Crippen molar-refractivity contribution in [1.29, 1.82) is 0 Å². The summed E-state index contributed by atoms with van der Waals surface area (Å²) >= 11 is 0. The second-order valence-corrected chi connectivity index (χ2v) is 5.16. The van der Waals surface area contributed by atoms with E-state index in [0.29, 0.717) is 17.1 Å². The number of nitrogens with zero attached hydrogens (tertiary/aromatic N) is 3. The molecule has 0 saturated carbocycles. The van der Waals surface area contributed by atoms with Gasteiger partial charge in [-0.15, -0.1) is 0 Å². The zero-order valence-corrected chi connectivity index (χ0v) is 12.2. The van der Waals surface area contributed by atoms with Crippen LogP contribution < -0.4 is 4.74 Å². The number of imidazole rings is 1. The number of fused-ring (bicyclic) bond motifs is 2. The van der Waals surface area contributed by atoms with Crippen LogP contribution in [0.1, 0.15) is 16.1 Å². The normalized spacial score (nSPS) is 11.0. The van der Waals surface area contributed by atoms with E-state index in [1.165, 1.54) is 0 Å². The van der Waals surface area contributed by atoms with E-state index in [4.69, 9.17) is 4.74 Å². The van der Waals surface area contributed by atoms with Crippen LogP contribution in [0.2, 0.25) is 0 Å². The lowest BCUT2D eigenvalue weighted by Crippen LogP contribution is -1.99. The topological polar surface area (TPSA) is 56.5 Å². The highest BCUT2D eigenvalue weighted by atomic mass is 16.5. The third kappa shape index (κ3) is 2.42. The number of rotatable bonds is 4. The van der Waals surface area contributed by atoms with E-state index in [1.54, 1.807) is 6.20 Å². The molecule has 0 saturated heterocycles. The Morgan fingerprint density at radius 3 is 2.91 bits per heavy atom. The molecular formula is C18H13N3O2. The Morgan fingerprint density at radius 2 is 2.04 bits per heavy atom. The maximum atomic E-state index is 11.5. The summed E-state index contributed by atoms with van der Waals surface area (Å²) in [5.74, 6) is 1.18. The van der Waals surface area contributed by atoms with E-state index in [9.17, 15) is 4.79 Å². The molecule has 5 nitrogen and oxygen atoms in total. The molecule has 4 aromatic rings. The minimum absolute atomic E-state index is 0.280. The Balaban J connectivity index is 1.66. The first kappa shape index (κ1) is 13.5. The smallest absolute Gasteiger partial charge is 0.234 e. The fourth-order valence-electron chi connectivity index (χ4n) is 2.62. The number of benzene rings is 2. The van der Waals surface area contributed by atoms with Crippen molar-refractivity contribution in [2.75, 3.05) is 0 Å². The maximum Gasteiger partial charge on any atom is 0.234 e. The molecular weight excluding hydrogens is 290 g/mol. The van der Waals surface area contributed by atoms with E-state index in [1.807, 2.05) is 59.3 Å². The van der Waals surface area contributed by atoms with E-state index < -0.39 is 0 Å². The first-order chi connectivity index (χ1) is 11.3. The number of aromatic nitrogens is 3. The predicted octanol–water partition coefficient (Wildman–Crippen LogP) is 3.27. The quantitative estimate of drug-likeness (QED) is 0.543. The highest BCUT2D eigenvalue weighted by Crippen LogP contribution is 2.27. The third-order valence-corrected chi connectivity index (χ3v) is 3.71. The molecule has 2 heterocycles. The van der Waals surface area contributed by atoms with Crippen molar-refractivity contribution in [3.63, 3.8) is 0 Å². The van der Waals surface area contributed by atoms with Gasteiger partial charge >= 0.3 is 0 Å². The van der Waals surface area contributed by atoms with Gasteiger partial charge in [-0.1, -0.05) is 30.3 Å². The lowest BCUT2D eigenvalue weighted by atomic mass is 10.0. The predicted molar refractivity (Wildman–Crippen MR) is 86.7 cm³/mol. The van der Waals surface area contributed by atoms with Crippen LogP contribution in [0.15, 0.2) is 61.1 Å². The molecule has 0 radical (unpaired) electrons. The Bertz CT molecular complexity index is 974. The molecule has 4 rings (SSSR count). The van der Waals surface area contributed by atoms with Crippen LogP contribution in [0.25, 0.3) is 16.6 Å². The van der Waals surface area contributed by atoms with Crippen LogP contribution in [0.5, 0.6) is 5.75 Å². The van der Waals surface area contributed by atoms with Gasteiger partial charge in [0.05, 0.1) is 11.3 Å². The average molecular weight is 303 g/mol. The SMILES string of the molecule is O=Cc1c(OCc2cn3cccnc3n2)ccc2ccccc12. The van der Waals surface area contributed by atoms with Crippen LogP contribution in [0.3, 0.4) is 0 Å². The summed E-state index contributed by atoms with van der Waals surface area (Å²) in [6, 6.07) is 13.4. The van der Waals surface area contributed by atoms with E-state index >= 15 is 0 Å². The van der Waals surface area contributed by atoms with Gasteiger partial charge in [0.15, 0.2) is 6.29 Å². The number of hydrogen-bond acceptors (Lipinski definition) is 4. The number of ether oxygens (including phenoxy) is 1. The summed E-state index contributed by atoms with van der Waals surface area (Å²) in [4.78, 5) is 20.0. The molecule has 0 bridgehead atoms. The van der Waals surface area contributed by atoms with Gasteiger partial charge in [-0.3, -0.25) is 9.20 Å². The molecule has 23 heavy (non-hydrogen) atoms. The molecule has 0 unspecified atom stereocenters. The van der Waals surface area contributed by atoms with Crippen LogP contribution in [-0.4, -0.2) is 20.7 Å². The van der Waals surface area contributed by atoms with E-state index in [-0.39, 0.29) is 6.61 Å². The molecule has 0 fully saturated rings. The summed E-state index contributed by atoms with van der Waals surface area (Å²) in [7, 11) is 0. The van der Waals surface area contributed by atoms with Gasteiger partial charge < -0.3 is 4.74 Å². The average Bonchev–Trinajstić information content (AvgIpc) is 3.02. The number of carbonyl (C=O) groups is 1. The molecule has 0 amide bonds. The van der Waals surface area contributed by atoms with Crippen LogP contribution in [-0.2, 0) is 6.61 Å². The zero-order valence-electron chi connectivity index (χ0n) is 12.2. The summed E-state index contributed by atoms with van der Waals surface area (Å²) in [6.45, 7) is 0.280. The van der Waals surface area contributed by atoms with E-state index in [2.05, 4.69) is 9.97 Å². The summed E-state index contributed by atoms with van der Waals surface area (Å²) in [5.41, 5.74) is 1.32. The van der Waals surface area contributed by atoms with Crippen molar-refractivity contribution in [2.24, 2.45) is 0 Å². The molecule has 0 aliphatic heterocycles. The van der Waals surface area contributed by atoms with Gasteiger partial charge in [0.1, 0.15) is 12.4 Å². The number of carbonyl (C=O) groups excluding carboxylic acids is 1. The fourth-order valence-corrected chi connectivity index (χ4v) is 2.62. The highest BCUT2D eigenvalue weighted by Gasteiger charge is 2.09. The molecule has 0 aliphatic carbocycles. The first-order valence-electron chi connectivity index (χ1n) is 7.23. The molecule has 0 atom stereocenters. The second kappa shape index (κ2) is 5.53. The van der Waals surface area contributed by atoms with E-state index in [0.717, 1.165) is 22.8 Å². The third-order valence-electron chi connectivity index (χ3n) is 3.71. The molecule has 0 aliphatic rings. The standard InChI is InChI=1S/C18H13N3O2/c22-11-16-15-5-2-1-4-13(15)6-7-17(16)23-12-14-10-21-9-3-8-19-18(21)20-14/h1-11H,12H2. The van der Waals surface area contributed by atoms with Crippen molar-refractivity contribution in [3.8, 4) is 5.75 Å². The van der Waals surface area contributed by atoms with Crippen LogP contribution in [0, 0.1) is 0 Å².